The number of benzene rings is 8. The quantitative estimate of drug-likeness (QED) is 0.177. The van der Waals surface area contributed by atoms with Crippen LogP contribution in [-0.4, -0.2) is 24.1 Å². The number of aromatic nitrogens is 5. The van der Waals surface area contributed by atoms with E-state index in [9.17, 15) is 0 Å². The second-order valence-corrected chi connectivity index (χ2v) is 14.4. The fourth-order valence-electron chi connectivity index (χ4n) is 8.76. The molecule has 0 unspecified atom stereocenters. The minimum absolute atomic E-state index is 0.558. The Hall–Kier alpha value is -7.83. The highest BCUT2D eigenvalue weighted by Crippen LogP contribution is 2.43. The van der Waals surface area contributed by atoms with Crippen LogP contribution < -0.4 is 0 Å². The van der Waals surface area contributed by atoms with Crippen LogP contribution in [0.5, 0.6) is 0 Å². The lowest BCUT2D eigenvalue weighted by molar-refractivity contribution is 0.669. The van der Waals surface area contributed by atoms with Crippen LogP contribution in [0.15, 0.2) is 192 Å². The second kappa shape index (κ2) is 12.3. The summed E-state index contributed by atoms with van der Waals surface area (Å²) < 4.78 is 11.3. The Labute approximate surface area is 326 Å². The summed E-state index contributed by atoms with van der Waals surface area (Å²) in [5, 5.41) is 6.68. The molecular weight excluding hydrogens is 699 g/mol. The van der Waals surface area contributed by atoms with Gasteiger partial charge in [-0.25, -0.2) is 15.0 Å². The van der Waals surface area contributed by atoms with Crippen molar-refractivity contribution in [2.75, 3.05) is 0 Å². The van der Waals surface area contributed by atoms with E-state index in [-0.39, 0.29) is 0 Å². The fraction of sp³-hybridized carbons (Fsp3) is 0. The standard InChI is InChI=1S/C51H31N5O/c1-3-16-32(17-4-1)49-52-50(54-51(53-49)39-25-13-23-35-34-20-9-12-31-45(34)57-48(35)39)38-24-14-28-42-46(38)36-21-7-11-27-41(36)56(42)44-30-15-29-43-47(44)37-22-8-10-26-40(37)55(43)33-18-5-2-6-19-33/h1-31H. The number of fused-ring (bicyclic) bond motifs is 9. The Morgan fingerprint density at radius 2 is 0.877 bits per heavy atom. The third-order valence-corrected chi connectivity index (χ3v) is 11.2. The molecule has 4 aromatic heterocycles. The van der Waals surface area contributed by atoms with Crippen molar-refractivity contribution in [3.05, 3.63) is 188 Å². The van der Waals surface area contributed by atoms with Crippen molar-refractivity contribution >= 4 is 65.6 Å². The molecule has 0 radical (unpaired) electrons. The van der Waals surface area contributed by atoms with Gasteiger partial charge in [-0.3, -0.25) is 0 Å². The van der Waals surface area contributed by atoms with Gasteiger partial charge in [0.2, 0.25) is 0 Å². The van der Waals surface area contributed by atoms with Crippen LogP contribution in [0.3, 0.4) is 0 Å². The first-order valence-electron chi connectivity index (χ1n) is 19.1. The van der Waals surface area contributed by atoms with Crippen molar-refractivity contribution in [3.63, 3.8) is 0 Å². The second-order valence-electron chi connectivity index (χ2n) is 14.4. The van der Waals surface area contributed by atoms with Gasteiger partial charge >= 0.3 is 0 Å². The number of nitrogens with zero attached hydrogens (tertiary/aromatic N) is 5. The number of rotatable bonds is 5. The van der Waals surface area contributed by atoms with Crippen molar-refractivity contribution < 1.29 is 4.42 Å². The van der Waals surface area contributed by atoms with E-state index in [0.717, 1.165) is 77.3 Å². The molecule has 0 aliphatic rings. The zero-order chi connectivity index (χ0) is 37.5. The molecular formula is C51H31N5O. The Bertz CT molecular complexity index is 3520. The Kier molecular flexibility index (Phi) is 6.83. The van der Waals surface area contributed by atoms with Gasteiger partial charge in [0, 0.05) is 49.1 Å². The minimum atomic E-state index is 0.558. The molecule has 12 aromatic rings. The third-order valence-electron chi connectivity index (χ3n) is 11.2. The van der Waals surface area contributed by atoms with Crippen LogP contribution in [0.4, 0.5) is 0 Å². The molecule has 266 valence electrons. The van der Waals surface area contributed by atoms with E-state index in [1.54, 1.807) is 0 Å². The van der Waals surface area contributed by atoms with Crippen LogP contribution in [0.25, 0.3) is 111 Å². The van der Waals surface area contributed by atoms with E-state index in [4.69, 9.17) is 19.4 Å². The first kappa shape index (κ1) is 31.5. The van der Waals surface area contributed by atoms with Crippen molar-refractivity contribution in [1.82, 2.24) is 24.1 Å². The summed E-state index contributed by atoms with van der Waals surface area (Å²) >= 11 is 0. The van der Waals surface area contributed by atoms with Gasteiger partial charge in [-0.15, -0.1) is 0 Å². The highest BCUT2D eigenvalue weighted by molar-refractivity contribution is 6.19. The first-order chi connectivity index (χ1) is 28.3. The van der Waals surface area contributed by atoms with Gasteiger partial charge in [0.1, 0.15) is 11.2 Å². The largest absolute Gasteiger partial charge is 0.455 e. The van der Waals surface area contributed by atoms with E-state index < -0.39 is 0 Å². The molecule has 0 spiro atoms. The molecule has 12 rings (SSSR count). The summed E-state index contributed by atoms with van der Waals surface area (Å²) in [5.41, 5.74) is 11.0. The molecule has 0 bridgehead atoms. The topological polar surface area (TPSA) is 61.7 Å². The molecule has 0 atom stereocenters. The minimum Gasteiger partial charge on any atom is -0.455 e. The van der Waals surface area contributed by atoms with Gasteiger partial charge in [0.15, 0.2) is 17.5 Å². The molecule has 0 N–H and O–H groups in total. The number of para-hydroxylation sites is 5. The molecule has 0 fully saturated rings. The van der Waals surface area contributed by atoms with Crippen LogP contribution in [-0.2, 0) is 0 Å². The Morgan fingerprint density at radius 3 is 1.67 bits per heavy atom. The molecule has 8 aromatic carbocycles. The molecule has 6 heteroatoms. The maximum Gasteiger partial charge on any atom is 0.167 e. The lowest BCUT2D eigenvalue weighted by Crippen LogP contribution is -2.01. The van der Waals surface area contributed by atoms with Crippen LogP contribution in [0, 0.1) is 0 Å². The predicted octanol–water partition coefficient (Wildman–Crippen LogP) is 13.0. The summed E-state index contributed by atoms with van der Waals surface area (Å²) in [6.07, 6.45) is 0. The highest BCUT2D eigenvalue weighted by Gasteiger charge is 2.23. The zero-order valence-electron chi connectivity index (χ0n) is 30.5. The van der Waals surface area contributed by atoms with Crippen molar-refractivity contribution in [2.45, 2.75) is 0 Å². The van der Waals surface area contributed by atoms with E-state index >= 15 is 0 Å². The van der Waals surface area contributed by atoms with Gasteiger partial charge in [-0.2, -0.15) is 0 Å². The van der Waals surface area contributed by atoms with E-state index in [1.165, 1.54) is 16.3 Å². The summed E-state index contributed by atoms with van der Waals surface area (Å²) in [5.74, 6) is 1.75. The monoisotopic (exact) mass is 729 g/mol. The van der Waals surface area contributed by atoms with Gasteiger partial charge in [-0.1, -0.05) is 133 Å². The number of furan rings is 1. The Balaban J connectivity index is 1.15. The average Bonchev–Trinajstić information content (AvgIpc) is 3.95. The number of hydrogen-bond acceptors (Lipinski definition) is 4. The molecule has 0 aliphatic carbocycles. The summed E-state index contributed by atoms with van der Waals surface area (Å²) in [7, 11) is 0. The molecule has 6 nitrogen and oxygen atoms in total. The summed E-state index contributed by atoms with van der Waals surface area (Å²) in [6.45, 7) is 0. The normalized spacial score (nSPS) is 11.9. The van der Waals surface area contributed by atoms with Crippen LogP contribution >= 0.6 is 0 Å². The van der Waals surface area contributed by atoms with Crippen molar-refractivity contribution in [2.24, 2.45) is 0 Å². The SMILES string of the molecule is c1ccc(-c2nc(-c3cccc4c3oc3ccccc34)nc(-c3cccc4c3c3ccccc3n4-c3cccc4c3c3ccccc3n4-c3ccccc3)n2)cc1. The molecule has 0 aliphatic heterocycles. The van der Waals surface area contributed by atoms with E-state index in [2.05, 4.69) is 143 Å². The zero-order valence-corrected chi connectivity index (χ0v) is 30.5. The smallest absolute Gasteiger partial charge is 0.167 e. The molecule has 0 amide bonds. The van der Waals surface area contributed by atoms with Gasteiger partial charge in [-0.05, 0) is 54.6 Å². The highest BCUT2D eigenvalue weighted by atomic mass is 16.3. The predicted molar refractivity (Wildman–Crippen MR) is 232 cm³/mol. The fourth-order valence-corrected chi connectivity index (χ4v) is 8.76. The molecule has 0 saturated heterocycles. The molecule has 4 heterocycles. The lowest BCUT2D eigenvalue weighted by Gasteiger charge is -2.12. The summed E-state index contributed by atoms with van der Waals surface area (Å²) in [4.78, 5) is 15.6. The van der Waals surface area contributed by atoms with Gasteiger partial charge < -0.3 is 13.6 Å². The van der Waals surface area contributed by atoms with E-state index in [1.807, 2.05) is 54.6 Å². The molecule has 57 heavy (non-hydrogen) atoms. The maximum absolute atomic E-state index is 6.50. The number of hydrogen-bond donors (Lipinski definition) is 0. The van der Waals surface area contributed by atoms with Gasteiger partial charge in [0.05, 0.1) is 33.3 Å². The van der Waals surface area contributed by atoms with E-state index in [0.29, 0.717) is 17.5 Å². The Morgan fingerprint density at radius 1 is 0.351 bits per heavy atom. The lowest BCUT2D eigenvalue weighted by atomic mass is 10.0. The summed E-state index contributed by atoms with van der Waals surface area (Å²) in [6, 6.07) is 65.5. The van der Waals surface area contributed by atoms with Crippen LogP contribution in [0.2, 0.25) is 0 Å². The first-order valence-corrected chi connectivity index (χ1v) is 19.1. The van der Waals surface area contributed by atoms with Gasteiger partial charge in [0.25, 0.3) is 0 Å². The maximum atomic E-state index is 6.50. The third kappa shape index (κ3) is 4.74. The van der Waals surface area contributed by atoms with Crippen LogP contribution in [0.1, 0.15) is 0 Å². The molecule has 0 saturated carbocycles. The van der Waals surface area contributed by atoms with Crippen molar-refractivity contribution in [3.8, 4) is 45.5 Å². The van der Waals surface area contributed by atoms with Crippen molar-refractivity contribution in [1.29, 1.82) is 0 Å². The average molecular weight is 730 g/mol.